The van der Waals surface area contributed by atoms with E-state index >= 15 is 0 Å². The minimum absolute atomic E-state index is 0.123. The molecular weight excluding hydrogens is 384 g/mol. The molecule has 1 aromatic heterocycles. The second-order valence-electron chi connectivity index (χ2n) is 7.33. The molecule has 158 valence electrons. The van der Waals surface area contributed by atoms with E-state index in [0.717, 1.165) is 36.1 Å². The Balaban J connectivity index is 1.46. The number of fused-ring (bicyclic) bond motifs is 3. The summed E-state index contributed by atoms with van der Waals surface area (Å²) in [6, 6.07) is 7.92. The average molecular weight is 410 g/mol. The number of methoxy groups -OCH3 is 1. The Morgan fingerprint density at radius 1 is 1.30 bits per heavy atom. The number of aryl methyl sites for hydroxylation is 1. The number of hydrogen-bond acceptors (Lipinski definition) is 6. The lowest BCUT2D eigenvalue weighted by molar-refractivity contribution is -0.0917. The van der Waals surface area contributed by atoms with Crippen LogP contribution >= 0.6 is 0 Å². The quantitative estimate of drug-likeness (QED) is 0.536. The first-order valence-electron chi connectivity index (χ1n) is 10.3. The molecule has 3 heterocycles. The summed E-state index contributed by atoms with van der Waals surface area (Å²) >= 11 is 0. The predicted octanol–water partition coefficient (Wildman–Crippen LogP) is 2.04. The fourth-order valence-electron chi connectivity index (χ4n) is 3.76. The summed E-state index contributed by atoms with van der Waals surface area (Å²) in [6.45, 7) is 3.43. The smallest absolute Gasteiger partial charge is 0.351 e. The van der Waals surface area contributed by atoms with Gasteiger partial charge >= 0.3 is 5.69 Å². The number of hydrogen-bond donors (Lipinski definition) is 0. The Bertz CT molecular complexity index is 999. The van der Waals surface area contributed by atoms with E-state index in [1.165, 1.54) is 5.56 Å². The zero-order valence-electron chi connectivity index (χ0n) is 17.2. The lowest BCUT2D eigenvalue weighted by atomic mass is 9.95. The molecular formula is C23H26N2O5. The molecule has 1 unspecified atom stereocenters. The molecule has 1 aromatic carbocycles. The standard InChI is InChI=1S/C23H26N2O5/c1-27-10-2-4-17-6-7-20-18(14-17)8-9-25-21(20)15-22(24-23(25)26)30-11-3-5-19-16-28-12-13-29-19/h6-7,14-15,19H,3,5,8-13,16H2,1H3. The van der Waals surface area contributed by atoms with E-state index in [2.05, 4.69) is 22.9 Å². The Morgan fingerprint density at radius 3 is 3.07 bits per heavy atom. The minimum atomic E-state index is -0.277. The summed E-state index contributed by atoms with van der Waals surface area (Å²) in [6.07, 6.45) is 2.57. The number of rotatable bonds is 6. The fraction of sp³-hybridized carbons (Fsp3) is 0.478. The van der Waals surface area contributed by atoms with Crippen LogP contribution in [0, 0.1) is 11.8 Å². The third kappa shape index (κ3) is 4.90. The van der Waals surface area contributed by atoms with Gasteiger partial charge in [0.15, 0.2) is 0 Å². The Morgan fingerprint density at radius 2 is 2.23 bits per heavy atom. The summed E-state index contributed by atoms with van der Waals surface area (Å²) in [4.78, 5) is 16.6. The van der Waals surface area contributed by atoms with Crippen LogP contribution in [0.4, 0.5) is 0 Å². The summed E-state index contributed by atoms with van der Waals surface area (Å²) in [7, 11) is 1.63. The minimum Gasteiger partial charge on any atom is -0.477 e. The molecule has 2 aliphatic heterocycles. The second-order valence-corrected chi connectivity index (χ2v) is 7.33. The second kappa shape index (κ2) is 9.90. The highest BCUT2D eigenvalue weighted by molar-refractivity contribution is 5.67. The van der Waals surface area contributed by atoms with Crippen LogP contribution in [-0.4, -0.2) is 55.8 Å². The summed E-state index contributed by atoms with van der Waals surface area (Å²) in [5.74, 6) is 6.44. The molecule has 0 radical (unpaired) electrons. The van der Waals surface area contributed by atoms with Crippen molar-refractivity contribution in [1.82, 2.24) is 9.55 Å². The summed E-state index contributed by atoms with van der Waals surface area (Å²) in [5, 5.41) is 0. The molecule has 30 heavy (non-hydrogen) atoms. The fourth-order valence-corrected chi connectivity index (χ4v) is 3.76. The van der Waals surface area contributed by atoms with Gasteiger partial charge < -0.3 is 18.9 Å². The molecule has 1 fully saturated rings. The third-order valence-corrected chi connectivity index (χ3v) is 5.23. The van der Waals surface area contributed by atoms with Gasteiger partial charge in [0.2, 0.25) is 5.88 Å². The SMILES string of the molecule is COCC#Cc1ccc2c(c1)CCn1c-2cc(OCCCC2COCCO2)nc1=O. The van der Waals surface area contributed by atoms with E-state index in [-0.39, 0.29) is 11.8 Å². The molecule has 1 atom stereocenters. The van der Waals surface area contributed by atoms with Gasteiger partial charge in [0.1, 0.15) is 6.61 Å². The molecule has 7 nitrogen and oxygen atoms in total. The van der Waals surface area contributed by atoms with Crippen LogP contribution in [0.3, 0.4) is 0 Å². The zero-order chi connectivity index (χ0) is 20.8. The number of ether oxygens (including phenoxy) is 4. The van der Waals surface area contributed by atoms with Crippen molar-refractivity contribution in [2.75, 3.05) is 40.1 Å². The van der Waals surface area contributed by atoms with Gasteiger partial charge in [-0.2, -0.15) is 4.98 Å². The highest BCUT2D eigenvalue weighted by atomic mass is 16.6. The van der Waals surface area contributed by atoms with Gasteiger partial charge in [-0.15, -0.1) is 0 Å². The molecule has 2 aliphatic rings. The molecule has 7 heteroatoms. The Labute approximate surface area is 175 Å². The topological polar surface area (TPSA) is 71.8 Å². The number of nitrogens with zero attached hydrogens (tertiary/aromatic N) is 2. The maximum absolute atomic E-state index is 12.5. The normalized spacial score (nSPS) is 17.4. The van der Waals surface area contributed by atoms with E-state index in [4.69, 9.17) is 18.9 Å². The first-order valence-corrected chi connectivity index (χ1v) is 10.3. The largest absolute Gasteiger partial charge is 0.477 e. The Hall–Kier alpha value is -2.66. The molecule has 0 spiro atoms. The Kier molecular flexibility index (Phi) is 6.80. The predicted molar refractivity (Wildman–Crippen MR) is 112 cm³/mol. The lowest BCUT2D eigenvalue weighted by Crippen LogP contribution is -2.29. The van der Waals surface area contributed by atoms with Crippen molar-refractivity contribution < 1.29 is 18.9 Å². The molecule has 0 bridgehead atoms. The highest BCUT2D eigenvalue weighted by Gasteiger charge is 2.19. The third-order valence-electron chi connectivity index (χ3n) is 5.23. The monoisotopic (exact) mass is 410 g/mol. The van der Waals surface area contributed by atoms with Gasteiger partial charge in [-0.1, -0.05) is 17.9 Å². The van der Waals surface area contributed by atoms with Gasteiger partial charge in [-0.3, -0.25) is 4.57 Å². The molecule has 4 rings (SSSR count). The van der Waals surface area contributed by atoms with Crippen molar-refractivity contribution in [1.29, 1.82) is 0 Å². The van der Waals surface area contributed by atoms with Crippen molar-refractivity contribution in [3.8, 4) is 29.0 Å². The molecule has 2 aromatic rings. The first-order chi connectivity index (χ1) is 14.7. The molecule has 1 saturated heterocycles. The maximum atomic E-state index is 12.5. The summed E-state index contributed by atoms with van der Waals surface area (Å²) < 4.78 is 23.5. The van der Waals surface area contributed by atoms with Gasteiger partial charge in [-0.05, 0) is 37.0 Å². The van der Waals surface area contributed by atoms with Crippen LogP contribution in [-0.2, 0) is 27.2 Å². The zero-order valence-corrected chi connectivity index (χ0v) is 17.2. The van der Waals surface area contributed by atoms with Crippen molar-refractivity contribution in [3.05, 3.63) is 45.9 Å². The van der Waals surface area contributed by atoms with Crippen LogP contribution in [0.25, 0.3) is 11.3 Å². The molecule has 0 amide bonds. The van der Waals surface area contributed by atoms with Gasteiger partial charge in [-0.25, -0.2) is 4.79 Å². The van der Waals surface area contributed by atoms with E-state index < -0.39 is 0 Å². The van der Waals surface area contributed by atoms with Crippen LogP contribution < -0.4 is 10.4 Å². The number of aromatic nitrogens is 2. The molecule has 0 saturated carbocycles. The van der Waals surface area contributed by atoms with Gasteiger partial charge in [0.25, 0.3) is 0 Å². The van der Waals surface area contributed by atoms with Crippen LogP contribution in [0.5, 0.6) is 5.88 Å². The average Bonchev–Trinajstić information content (AvgIpc) is 2.77. The molecule has 0 N–H and O–H groups in total. The van der Waals surface area contributed by atoms with Crippen LogP contribution in [0.2, 0.25) is 0 Å². The first kappa shape index (κ1) is 20.6. The van der Waals surface area contributed by atoms with E-state index in [1.54, 1.807) is 11.7 Å². The highest BCUT2D eigenvalue weighted by Crippen LogP contribution is 2.30. The van der Waals surface area contributed by atoms with E-state index in [9.17, 15) is 4.79 Å². The maximum Gasteiger partial charge on any atom is 0.351 e. The van der Waals surface area contributed by atoms with Gasteiger partial charge in [0, 0.05) is 30.8 Å². The van der Waals surface area contributed by atoms with E-state index in [0.29, 0.717) is 45.5 Å². The lowest BCUT2D eigenvalue weighted by Gasteiger charge is -2.23. The van der Waals surface area contributed by atoms with Crippen LogP contribution in [0.15, 0.2) is 29.1 Å². The van der Waals surface area contributed by atoms with Crippen molar-refractivity contribution in [2.24, 2.45) is 0 Å². The summed E-state index contributed by atoms with van der Waals surface area (Å²) in [5.41, 5.74) is 3.70. The van der Waals surface area contributed by atoms with Crippen LogP contribution in [0.1, 0.15) is 24.0 Å². The number of benzene rings is 1. The molecule has 0 aliphatic carbocycles. The van der Waals surface area contributed by atoms with Crippen molar-refractivity contribution in [2.45, 2.75) is 31.9 Å². The van der Waals surface area contributed by atoms with Crippen molar-refractivity contribution in [3.63, 3.8) is 0 Å². The van der Waals surface area contributed by atoms with E-state index in [1.807, 2.05) is 18.2 Å². The van der Waals surface area contributed by atoms with Gasteiger partial charge in [0.05, 0.1) is 38.2 Å². The van der Waals surface area contributed by atoms with Crippen molar-refractivity contribution >= 4 is 0 Å².